The highest BCUT2D eigenvalue weighted by Crippen LogP contribution is 2.19. The van der Waals surface area contributed by atoms with Gasteiger partial charge in [-0.05, 0) is 28.5 Å². The lowest BCUT2D eigenvalue weighted by Crippen LogP contribution is -2.04. The minimum atomic E-state index is -0.233. The Kier molecular flexibility index (Phi) is 2.77. The molecule has 0 radical (unpaired) electrons. The number of hydrogen-bond acceptors (Lipinski definition) is 3. The van der Waals surface area contributed by atoms with Crippen molar-refractivity contribution in [2.75, 3.05) is 12.8 Å². The van der Waals surface area contributed by atoms with Crippen LogP contribution in [-0.4, -0.2) is 13.1 Å². The van der Waals surface area contributed by atoms with Crippen molar-refractivity contribution in [3.8, 4) is 0 Å². The van der Waals surface area contributed by atoms with Crippen molar-refractivity contribution in [3.63, 3.8) is 0 Å². The number of nitrogen functional groups attached to an aromatic ring is 1. The van der Waals surface area contributed by atoms with E-state index in [1.807, 2.05) is 36.4 Å². The van der Waals surface area contributed by atoms with Crippen LogP contribution < -0.4 is 5.73 Å². The van der Waals surface area contributed by atoms with Crippen molar-refractivity contribution in [1.82, 2.24) is 0 Å². The topological polar surface area (TPSA) is 52.3 Å². The smallest absolute Gasteiger partial charge is 0.309 e. The van der Waals surface area contributed by atoms with E-state index in [4.69, 9.17) is 5.73 Å². The number of benzene rings is 2. The molecular weight excluding hydrogens is 202 g/mol. The Hall–Kier alpha value is -2.03. The second kappa shape index (κ2) is 4.23. The van der Waals surface area contributed by atoms with Crippen LogP contribution in [-0.2, 0) is 16.0 Å². The van der Waals surface area contributed by atoms with E-state index in [0.29, 0.717) is 6.42 Å². The maximum absolute atomic E-state index is 11.1. The van der Waals surface area contributed by atoms with Gasteiger partial charge in [-0.3, -0.25) is 4.79 Å². The third-order valence-corrected chi connectivity index (χ3v) is 2.50. The average Bonchev–Trinajstić information content (AvgIpc) is 2.28. The summed E-state index contributed by atoms with van der Waals surface area (Å²) < 4.78 is 4.63. The molecule has 2 aromatic rings. The van der Waals surface area contributed by atoms with Crippen molar-refractivity contribution in [2.24, 2.45) is 0 Å². The van der Waals surface area contributed by atoms with Gasteiger partial charge in [0.2, 0.25) is 0 Å². The molecule has 0 bridgehead atoms. The summed E-state index contributed by atoms with van der Waals surface area (Å²) in [6, 6.07) is 11.6. The van der Waals surface area contributed by atoms with Crippen molar-refractivity contribution >= 4 is 22.4 Å². The largest absolute Gasteiger partial charge is 0.469 e. The quantitative estimate of drug-likeness (QED) is 0.616. The molecule has 0 saturated heterocycles. The number of carbonyl (C=O) groups excluding carboxylic acids is 1. The number of hydrogen-bond donors (Lipinski definition) is 1. The fraction of sp³-hybridized carbons (Fsp3) is 0.154. The molecule has 0 heterocycles. The molecule has 0 fully saturated rings. The number of esters is 1. The molecule has 16 heavy (non-hydrogen) atoms. The monoisotopic (exact) mass is 215 g/mol. The van der Waals surface area contributed by atoms with Crippen LogP contribution in [0.3, 0.4) is 0 Å². The van der Waals surface area contributed by atoms with Crippen molar-refractivity contribution in [2.45, 2.75) is 6.42 Å². The van der Waals surface area contributed by atoms with E-state index in [9.17, 15) is 4.79 Å². The number of ether oxygens (including phenoxy) is 1. The number of fused-ring (bicyclic) bond motifs is 1. The van der Waals surface area contributed by atoms with Gasteiger partial charge in [0.1, 0.15) is 0 Å². The highest BCUT2D eigenvalue weighted by atomic mass is 16.5. The molecule has 82 valence electrons. The molecule has 0 aliphatic heterocycles. The first-order valence-corrected chi connectivity index (χ1v) is 5.04. The molecule has 3 heteroatoms. The van der Waals surface area contributed by atoms with Crippen molar-refractivity contribution in [1.29, 1.82) is 0 Å². The number of methoxy groups -OCH3 is 1. The molecule has 2 N–H and O–H groups in total. The molecule has 0 aromatic heterocycles. The molecule has 0 saturated carbocycles. The summed E-state index contributed by atoms with van der Waals surface area (Å²) in [6.07, 6.45) is 0.293. The molecule has 0 aliphatic rings. The Morgan fingerprint density at radius 3 is 2.69 bits per heavy atom. The molecule has 0 spiro atoms. The second-order valence-corrected chi connectivity index (χ2v) is 3.69. The first-order valence-electron chi connectivity index (χ1n) is 5.04. The second-order valence-electron chi connectivity index (χ2n) is 3.69. The minimum absolute atomic E-state index is 0.233. The summed E-state index contributed by atoms with van der Waals surface area (Å²) in [7, 11) is 1.39. The Labute approximate surface area is 93.8 Å². The molecule has 2 rings (SSSR count). The minimum Gasteiger partial charge on any atom is -0.469 e. The van der Waals surface area contributed by atoms with Gasteiger partial charge < -0.3 is 10.5 Å². The van der Waals surface area contributed by atoms with Gasteiger partial charge in [0.05, 0.1) is 13.5 Å². The van der Waals surface area contributed by atoms with Crippen LogP contribution in [0, 0.1) is 0 Å². The Bertz CT molecular complexity index is 534. The van der Waals surface area contributed by atoms with E-state index in [1.165, 1.54) is 7.11 Å². The van der Waals surface area contributed by atoms with E-state index in [2.05, 4.69) is 4.74 Å². The summed E-state index contributed by atoms with van der Waals surface area (Å²) in [5.74, 6) is -0.233. The van der Waals surface area contributed by atoms with Gasteiger partial charge in [0.25, 0.3) is 0 Å². The zero-order valence-corrected chi connectivity index (χ0v) is 9.07. The van der Waals surface area contributed by atoms with Crippen LogP contribution in [0.15, 0.2) is 36.4 Å². The van der Waals surface area contributed by atoms with Gasteiger partial charge in [-0.1, -0.05) is 24.3 Å². The van der Waals surface area contributed by atoms with E-state index < -0.39 is 0 Å². The molecule has 3 nitrogen and oxygen atoms in total. The average molecular weight is 215 g/mol. The van der Waals surface area contributed by atoms with Gasteiger partial charge >= 0.3 is 5.97 Å². The van der Waals surface area contributed by atoms with Gasteiger partial charge in [0.15, 0.2) is 0 Å². The normalized spacial score (nSPS) is 10.3. The van der Waals surface area contributed by atoms with Crippen LogP contribution in [0.25, 0.3) is 10.8 Å². The maximum atomic E-state index is 11.1. The van der Waals surface area contributed by atoms with Crippen LogP contribution in [0.4, 0.5) is 5.69 Å². The summed E-state index contributed by atoms with van der Waals surface area (Å²) in [4.78, 5) is 11.1. The van der Waals surface area contributed by atoms with Crippen LogP contribution >= 0.6 is 0 Å². The maximum Gasteiger partial charge on any atom is 0.309 e. The lowest BCUT2D eigenvalue weighted by atomic mass is 10.0. The van der Waals surface area contributed by atoms with Crippen molar-refractivity contribution in [3.05, 3.63) is 42.0 Å². The predicted octanol–water partition coefficient (Wildman–Crippen LogP) is 2.14. The third kappa shape index (κ3) is 2.14. The molecule has 0 unspecified atom stereocenters. The Morgan fingerprint density at radius 2 is 1.94 bits per heavy atom. The Morgan fingerprint density at radius 1 is 1.19 bits per heavy atom. The summed E-state index contributed by atoms with van der Waals surface area (Å²) in [5.41, 5.74) is 7.37. The summed E-state index contributed by atoms with van der Waals surface area (Å²) in [6.45, 7) is 0. The Balaban J connectivity index is 2.39. The molecule has 0 amide bonds. The van der Waals surface area contributed by atoms with Gasteiger partial charge in [-0.25, -0.2) is 0 Å². The zero-order chi connectivity index (χ0) is 11.5. The standard InChI is InChI=1S/C13H13NO2/c1-16-13(15)7-9-2-3-10-4-5-12(14)8-11(10)6-9/h2-6,8H,7,14H2,1H3. The lowest BCUT2D eigenvalue weighted by molar-refractivity contribution is -0.139. The third-order valence-electron chi connectivity index (χ3n) is 2.50. The highest BCUT2D eigenvalue weighted by Gasteiger charge is 2.03. The number of anilines is 1. The molecule has 0 atom stereocenters. The van der Waals surface area contributed by atoms with Gasteiger partial charge in [0, 0.05) is 5.69 Å². The van der Waals surface area contributed by atoms with E-state index in [0.717, 1.165) is 22.0 Å². The summed E-state index contributed by atoms with van der Waals surface area (Å²) >= 11 is 0. The number of rotatable bonds is 2. The van der Waals surface area contributed by atoms with Gasteiger partial charge in [-0.15, -0.1) is 0 Å². The van der Waals surface area contributed by atoms with E-state index in [-0.39, 0.29) is 5.97 Å². The van der Waals surface area contributed by atoms with Crippen molar-refractivity contribution < 1.29 is 9.53 Å². The van der Waals surface area contributed by atoms with Crippen LogP contribution in [0.5, 0.6) is 0 Å². The lowest BCUT2D eigenvalue weighted by Gasteiger charge is -2.03. The predicted molar refractivity (Wildman–Crippen MR) is 64.1 cm³/mol. The zero-order valence-electron chi connectivity index (χ0n) is 9.07. The SMILES string of the molecule is COC(=O)Cc1ccc2ccc(N)cc2c1. The molecule has 0 aliphatic carbocycles. The van der Waals surface area contributed by atoms with E-state index >= 15 is 0 Å². The number of carbonyl (C=O) groups is 1. The van der Waals surface area contributed by atoms with Crippen LogP contribution in [0.1, 0.15) is 5.56 Å². The summed E-state index contributed by atoms with van der Waals surface area (Å²) in [5, 5.41) is 2.16. The fourth-order valence-corrected chi connectivity index (χ4v) is 1.66. The first-order chi connectivity index (χ1) is 7.69. The molecule has 2 aromatic carbocycles. The van der Waals surface area contributed by atoms with Crippen LogP contribution in [0.2, 0.25) is 0 Å². The molecular formula is C13H13NO2. The highest BCUT2D eigenvalue weighted by molar-refractivity contribution is 5.86. The first kappa shape index (κ1) is 10.5. The van der Waals surface area contributed by atoms with E-state index in [1.54, 1.807) is 0 Å². The fourth-order valence-electron chi connectivity index (χ4n) is 1.66. The van der Waals surface area contributed by atoms with Gasteiger partial charge in [-0.2, -0.15) is 0 Å². The number of nitrogens with two attached hydrogens (primary N) is 1.